The second kappa shape index (κ2) is 5.84. The highest BCUT2D eigenvalue weighted by molar-refractivity contribution is 5.93. The molecule has 1 aromatic heterocycles. The molecule has 0 saturated heterocycles. The number of hydrogen-bond donors (Lipinski definition) is 1. The molecule has 1 aliphatic rings. The van der Waals surface area contributed by atoms with E-state index in [1.165, 1.54) is 27.7 Å². The Morgan fingerprint density at radius 1 is 1.04 bits per heavy atom. The second-order valence-corrected chi connectivity index (χ2v) is 5.87. The molecule has 1 aliphatic heterocycles. The number of aromatic amines is 1. The summed E-state index contributed by atoms with van der Waals surface area (Å²) in [7, 11) is 1.70. The number of fused-ring (bicyclic) bond motifs is 1. The molecule has 0 radical (unpaired) electrons. The number of aromatic nitrogens is 1. The molecule has 0 spiro atoms. The summed E-state index contributed by atoms with van der Waals surface area (Å²) in [6, 6.07) is 16.8. The van der Waals surface area contributed by atoms with E-state index in [1.807, 2.05) is 12.1 Å². The molecule has 0 amide bonds. The van der Waals surface area contributed by atoms with E-state index < -0.39 is 0 Å². The van der Waals surface area contributed by atoms with Crippen LogP contribution in [0.25, 0.3) is 16.5 Å². The Morgan fingerprint density at radius 2 is 1.87 bits per heavy atom. The van der Waals surface area contributed by atoms with Crippen LogP contribution in [0.2, 0.25) is 0 Å². The molecular weight excluding hydrogens is 284 g/mol. The van der Waals surface area contributed by atoms with Gasteiger partial charge in [0.2, 0.25) is 0 Å². The molecule has 0 bridgehead atoms. The van der Waals surface area contributed by atoms with Gasteiger partial charge in [-0.25, -0.2) is 0 Å². The van der Waals surface area contributed by atoms with Crippen molar-refractivity contribution in [3.8, 4) is 5.75 Å². The van der Waals surface area contributed by atoms with Crippen LogP contribution in [0.4, 0.5) is 5.69 Å². The smallest absolute Gasteiger partial charge is 0.119 e. The Labute approximate surface area is 136 Å². The molecule has 3 aromatic rings. The molecule has 3 heteroatoms. The number of methoxy groups -OCH3 is 1. The Kier molecular flexibility index (Phi) is 3.54. The normalized spacial score (nSPS) is 14.8. The van der Waals surface area contributed by atoms with Gasteiger partial charge >= 0.3 is 0 Å². The highest BCUT2D eigenvalue weighted by Gasteiger charge is 2.15. The lowest BCUT2D eigenvalue weighted by molar-refractivity contribution is 0.415. The van der Waals surface area contributed by atoms with Gasteiger partial charge in [-0.15, -0.1) is 0 Å². The van der Waals surface area contributed by atoms with E-state index in [2.05, 4.69) is 58.6 Å². The third-order valence-electron chi connectivity index (χ3n) is 4.58. The zero-order valence-electron chi connectivity index (χ0n) is 13.3. The lowest BCUT2D eigenvalue weighted by Gasteiger charge is -2.28. The predicted molar refractivity (Wildman–Crippen MR) is 96.1 cm³/mol. The Bertz CT molecular complexity index is 845. The number of nitrogens with zero attached hydrogens (tertiary/aromatic N) is 1. The Hall–Kier alpha value is -2.68. The highest BCUT2D eigenvalue weighted by Crippen LogP contribution is 2.30. The summed E-state index contributed by atoms with van der Waals surface area (Å²) in [5.74, 6) is 0.904. The summed E-state index contributed by atoms with van der Waals surface area (Å²) >= 11 is 0. The maximum atomic E-state index is 5.23. The van der Waals surface area contributed by atoms with Crippen LogP contribution in [-0.4, -0.2) is 25.2 Å². The number of hydrogen-bond acceptors (Lipinski definition) is 2. The van der Waals surface area contributed by atoms with Crippen LogP contribution in [0.15, 0.2) is 60.8 Å². The van der Waals surface area contributed by atoms with Crippen LogP contribution in [0.1, 0.15) is 12.0 Å². The number of para-hydroxylation sites is 1. The number of anilines is 1. The third-order valence-corrected chi connectivity index (χ3v) is 4.58. The molecule has 116 valence electrons. The molecule has 0 atom stereocenters. The van der Waals surface area contributed by atoms with Gasteiger partial charge in [-0.1, -0.05) is 24.3 Å². The fraction of sp³-hybridized carbons (Fsp3) is 0.200. The summed E-state index contributed by atoms with van der Waals surface area (Å²) in [6.45, 7) is 1.98. The van der Waals surface area contributed by atoms with Crippen LogP contribution in [-0.2, 0) is 0 Å². The molecule has 0 saturated carbocycles. The van der Waals surface area contributed by atoms with Crippen LogP contribution >= 0.6 is 0 Å². The van der Waals surface area contributed by atoms with Gasteiger partial charge in [0, 0.05) is 41.4 Å². The minimum atomic E-state index is 0.904. The van der Waals surface area contributed by atoms with Gasteiger partial charge in [0.25, 0.3) is 0 Å². The molecule has 2 heterocycles. The number of H-pyrrole nitrogens is 1. The molecule has 2 aromatic carbocycles. The predicted octanol–water partition coefficient (Wildman–Crippen LogP) is 4.47. The topological polar surface area (TPSA) is 28.3 Å². The summed E-state index contributed by atoms with van der Waals surface area (Å²) < 4.78 is 5.23. The van der Waals surface area contributed by atoms with E-state index in [9.17, 15) is 0 Å². The quantitative estimate of drug-likeness (QED) is 0.773. The highest BCUT2D eigenvalue weighted by atomic mass is 16.5. The van der Waals surface area contributed by atoms with E-state index in [4.69, 9.17) is 4.74 Å². The van der Waals surface area contributed by atoms with Crippen LogP contribution in [0.3, 0.4) is 0 Å². The molecule has 0 aliphatic carbocycles. The standard InChI is InChI=1S/C20H20N2O/c1-23-17-8-6-16(7-9-17)22-12-10-15(11-13-22)19-14-21-20-5-3-2-4-18(19)20/h2-10,14,21H,11-13H2,1H3. The van der Waals surface area contributed by atoms with Gasteiger partial charge in [0.05, 0.1) is 7.11 Å². The average molecular weight is 304 g/mol. The van der Waals surface area contributed by atoms with E-state index in [0.29, 0.717) is 0 Å². The van der Waals surface area contributed by atoms with Gasteiger partial charge in [0.15, 0.2) is 0 Å². The molecule has 23 heavy (non-hydrogen) atoms. The van der Waals surface area contributed by atoms with Crippen molar-refractivity contribution < 1.29 is 4.74 Å². The van der Waals surface area contributed by atoms with Gasteiger partial charge in [0.1, 0.15) is 5.75 Å². The average Bonchev–Trinajstić information content (AvgIpc) is 3.06. The molecule has 1 N–H and O–H groups in total. The zero-order valence-corrected chi connectivity index (χ0v) is 13.3. The summed E-state index contributed by atoms with van der Waals surface area (Å²) in [5, 5.41) is 1.32. The van der Waals surface area contributed by atoms with Crippen LogP contribution in [0.5, 0.6) is 5.75 Å². The lowest BCUT2D eigenvalue weighted by atomic mass is 9.98. The molecular formula is C20H20N2O. The van der Waals surface area contributed by atoms with Crippen molar-refractivity contribution in [1.29, 1.82) is 0 Å². The van der Waals surface area contributed by atoms with Crippen molar-refractivity contribution in [3.05, 3.63) is 66.4 Å². The maximum Gasteiger partial charge on any atom is 0.119 e. The fourth-order valence-electron chi connectivity index (χ4n) is 3.28. The molecule has 3 nitrogen and oxygen atoms in total. The van der Waals surface area contributed by atoms with Crippen molar-refractivity contribution in [1.82, 2.24) is 4.98 Å². The van der Waals surface area contributed by atoms with Crippen LogP contribution in [0, 0.1) is 0 Å². The number of nitrogens with one attached hydrogen (secondary N) is 1. The van der Waals surface area contributed by atoms with Crippen molar-refractivity contribution in [2.45, 2.75) is 6.42 Å². The van der Waals surface area contributed by atoms with E-state index >= 15 is 0 Å². The van der Waals surface area contributed by atoms with Gasteiger partial charge < -0.3 is 14.6 Å². The monoisotopic (exact) mass is 304 g/mol. The first-order valence-corrected chi connectivity index (χ1v) is 7.99. The summed E-state index contributed by atoms with van der Waals surface area (Å²) in [6.07, 6.45) is 5.55. The Balaban J connectivity index is 1.56. The summed E-state index contributed by atoms with van der Waals surface area (Å²) in [4.78, 5) is 5.77. The number of rotatable bonds is 3. The van der Waals surface area contributed by atoms with Crippen LogP contribution < -0.4 is 9.64 Å². The van der Waals surface area contributed by atoms with Crippen molar-refractivity contribution >= 4 is 22.2 Å². The SMILES string of the molecule is COc1ccc(N2CC=C(c3c[nH]c4ccccc34)CC2)cc1. The van der Waals surface area contributed by atoms with Gasteiger partial charge in [-0.2, -0.15) is 0 Å². The fourth-order valence-corrected chi connectivity index (χ4v) is 3.28. The zero-order chi connectivity index (χ0) is 15.6. The third kappa shape index (κ3) is 2.59. The largest absolute Gasteiger partial charge is 0.497 e. The second-order valence-electron chi connectivity index (χ2n) is 5.87. The first-order chi connectivity index (χ1) is 11.3. The number of ether oxygens (including phenoxy) is 1. The van der Waals surface area contributed by atoms with E-state index in [-0.39, 0.29) is 0 Å². The van der Waals surface area contributed by atoms with Crippen molar-refractivity contribution in [2.24, 2.45) is 0 Å². The first-order valence-electron chi connectivity index (χ1n) is 7.99. The molecule has 0 fully saturated rings. The van der Waals surface area contributed by atoms with Crippen molar-refractivity contribution in [2.75, 3.05) is 25.1 Å². The van der Waals surface area contributed by atoms with Gasteiger partial charge in [-0.3, -0.25) is 0 Å². The number of benzene rings is 2. The molecule has 0 unspecified atom stereocenters. The maximum absolute atomic E-state index is 5.23. The minimum absolute atomic E-state index is 0.904. The summed E-state index contributed by atoms with van der Waals surface area (Å²) in [5.41, 5.74) is 5.24. The lowest BCUT2D eigenvalue weighted by Crippen LogP contribution is -2.28. The first kappa shape index (κ1) is 13.9. The van der Waals surface area contributed by atoms with E-state index in [1.54, 1.807) is 7.11 Å². The van der Waals surface area contributed by atoms with Crippen molar-refractivity contribution in [3.63, 3.8) is 0 Å². The van der Waals surface area contributed by atoms with E-state index in [0.717, 1.165) is 25.3 Å². The van der Waals surface area contributed by atoms with Gasteiger partial charge in [-0.05, 0) is 42.3 Å². The Morgan fingerprint density at radius 3 is 2.61 bits per heavy atom. The molecule has 4 rings (SSSR count). The minimum Gasteiger partial charge on any atom is -0.497 e.